The molecule has 1 amide bonds. The van der Waals surface area contributed by atoms with E-state index >= 15 is 0 Å². The average molecular weight is 274 g/mol. The standard InChI is InChI=1S/C16H22N2O2/c1-16(2)5-4-6-18(15(16)19)13-7-11-9-17-10-12(11)8-14(13)20-3/h7-8,17H,4-6,9-10H2,1-3H3. The highest BCUT2D eigenvalue weighted by Crippen LogP contribution is 2.39. The second-order valence-corrected chi connectivity index (χ2v) is 6.34. The molecule has 1 N–H and O–H groups in total. The van der Waals surface area contributed by atoms with E-state index in [1.165, 1.54) is 11.1 Å². The summed E-state index contributed by atoms with van der Waals surface area (Å²) in [7, 11) is 1.67. The average Bonchev–Trinajstić information content (AvgIpc) is 2.87. The van der Waals surface area contributed by atoms with Gasteiger partial charge in [-0.3, -0.25) is 4.79 Å². The summed E-state index contributed by atoms with van der Waals surface area (Å²) in [5, 5.41) is 3.34. The molecule has 0 aromatic heterocycles. The summed E-state index contributed by atoms with van der Waals surface area (Å²) in [5.74, 6) is 1.01. The molecule has 108 valence electrons. The lowest BCUT2D eigenvalue weighted by atomic mass is 9.83. The van der Waals surface area contributed by atoms with Crippen LogP contribution >= 0.6 is 0 Å². The van der Waals surface area contributed by atoms with Gasteiger partial charge in [0, 0.05) is 25.0 Å². The summed E-state index contributed by atoms with van der Waals surface area (Å²) in [6, 6.07) is 4.19. The number of methoxy groups -OCH3 is 1. The lowest BCUT2D eigenvalue weighted by molar-refractivity contribution is -0.128. The summed E-state index contributed by atoms with van der Waals surface area (Å²) in [5.41, 5.74) is 3.19. The van der Waals surface area contributed by atoms with E-state index in [0.29, 0.717) is 0 Å². The van der Waals surface area contributed by atoms with Gasteiger partial charge in [-0.2, -0.15) is 0 Å². The van der Waals surface area contributed by atoms with Crippen LogP contribution in [0.4, 0.5) is 5.69 Å². The van der Waals surface area contributed by atoms with Crippen molar-refractivity contribution in [1.82, 2.24) is 5.32 Å². The highest BCUT2D eigenvalue weighted by atomic mass is 16.5. The zero-order valence-corrected chi connectivity index (χ0v) is 12.5. The fourth-order valence-electron chi connectivity index (χ4n) is 3.17. The van der Waals surface area contributed by atoms with Crippen molar-refractivity contribution >= 4 is 11.6 Å². The second kappa shape index (κ2) is 4.77. The molecule has 0 unspecified atom stereocenters. The molecule has 1 saturated heterocycles. The van der Waals surface area contributed by atoms with E-state index in [2.05, 4.69) is 17.4 Å². The van der Waals surface area contributed by atoms with Crippen LogP contribution in [0.5, 0.6) is 5.75 Å². The number of rotatable bonds is 2. The number of piperidine rings is 1. The molecule has 0 aliphatic carbocycles. The molecule has 0 atom stereocenters. The first-order valence-electron chi connectivity index (χ1n) is 7.25. The third-order valence-electron chi connectivity index (χ3n) is 4.43. The third kappa shape index (κ3) is 2.08. The van der Waals surface area contributed by atoms with E-state index < -0.39 is 0 Å². The van der Waals surface area contributed by atoms with Gasteiger partial charge in [0.15, 0.2) is 0 Å². The van der Waals surface area contributed by atoms with Gasteiger partial charge in [-0.25, -0.2) is 0 Å². The normalized spacial score (nSPS) is 20.9. The van der Waals surface area contributed by atoms with E-state index in [1.807, 2.05) is 18.7 Å². The van der Waals surface area contributed by atoms with Gasteiger partial charge in [-0.1, -0.05) is 13.8 Å². The number of amides is 1. The van der Waals surface area contributed by atoms with E-state index in [4.69, 9.17) is 4.74 Å². The van der Waals surface area contributed by atoms with Crippen LogP contribution < -0.4 is 15.0 Å². The Kier molecular flexibility index (Phi) is 3.21. The van der Waals surface area contributed by atoms with Gasteiger partial charge in [-0.05, 0) is 36.1 Å². The number of anilines is 1. The van der Waals surface area contributed by atoms with Crippen LogP contribution in [0.1, 0.15) is 37.8 Å². The molecular formula is C16H22N2O2. The zero-order valence-electron chi connectivity index (χ0n) is 12.5. The predicted octanol–water partition coefficient (Wildman–Crippen LogP) is 2.45. The second-order valence-electron chi connectivity index (χ2n) is 6.34. The summed E-state index contributed by atoms with van der Waals surface area (Å²) in [6.07, 6.45) is 1.99. The molecule has 1 fully saturated rings. The van der Waals surface area contributed by atoms with Crippen LogP contribution in [0.25, 0.3) is 0 Å². The first-order chi connectivity index (χ1) is 9.53. The van der Waals surface area contributed by atoms with Crippen LogP contribution in [0, 0.1) is 5.41 Å². The minimum atomic E-state index is -0.277. The third-order valence-corrected chi connectivity index (χ3v) is 4.43. The lowest BCUT2D eigenvalue weighted by Gasteiger charge is -2.37. The Labute approximate surface area is 120 Å². The molecule has 3 rings (SSSR count). The number of nitrogens with one attached hydrogen (secondary N) is 1. The van der Waals surface area contributed by atoms with Crippen molar-refractivity contribution in [1.29, 1.82) is 0 Å². The number of benzene rings is 1. The molecule has 0 bridgehead atoms. The van der Waals surface area contributed by atoms with Crippen LogP contribution in [0.15, 0.2) is 12.1 Å². The minimum absolute atomic E-state index is 0.202. The Balaban J connectivity index is 2.03. The Morgan fingerprint density at radius 1 is 1.25 bits per heavy atom. The van der Waals surface area contributed by atoms with Crippen molar-refractivity contribution in [3.63, 3.8) is 0 Å². The molecule has 2 aliphatic heterocycles. The molecule has 0 saturated carbocycles. The number of ether oxygens (including phenoxy) is 1. The molecule has 4 heteroatoms. The quantitative estimate of drug-likeness (QED) is 0.900. The summed E-state index contributed by atoms with van der Waals surface area (Å²) in [6.45, 7) is 6.60. The molecule has 1 aromatic rings. The van der Waals surface area contributed by atoms with Gasteiger partial charge < -0.3 is 15.0 Å². The van der Waals surface area contributed by atoms with Crippen molar-refractivity contribution in [2.45, 2.75) is 39.8 Å². The number of hydrogen-bond donors (Lipinski definition) is 1. The monoisotopic (exact) mass is 274 g/mol. The largest absolute Gasteiger partial charge is 0.495 e. The van der Waals surface area contributed by atoms with Gasteiger partial charge >= 0.3 is 0 Å². The zero-order chi connectivity index (χ0) is 14.3. The fourth-order valence-corrected chi connectivity index (χ4v) is 3.17. The number of carbonyl (C=O) groups is 1. The molecule has 2 heterocycles. The molecule has 4 nitrogen and oxygen atoms in total. The Morgan fingerprint density at radius 2 is 1.95 bits per heavy atom. The SMILES string of the molecule is COc1cc2c(cc1N1CCCC(C)(C)C1=O)CNC2. The first kappa shape index (κ1) is 13.4. The highest BCUT2D eigenvalue weighted by molar-refractivity contribution is 5.99. The molecule has 0 spiro atoms. The topological polar surface area (TPSA) is 41.6 Å². The van der Waals surface area contributed by atoms with Gasteiger partial charge in [0.05, 0.1) is 12.8 Å². The molecule has 2 aliphatic rings. The van der Waals surface area contributed by atoms with E-state index in [9.17, 15) is 4.79 Å². The van der Waals surface area contributed by atoms with Gasteiger partial charge in [0.2, 0.25) is 5.91 Å². The maximum atomic E-state index is 12.7. The van der Waals surface area contributed by atoms with Gasteiger partial charge in [0.1, 0.15) is 5.75 Å². The minimum Gasteiger partial charge on any atom is -0.495 e. The molecule has 20 heavy (non-hydrogen) atoms. The van der Waals surface area contributed by atoms with Crippen LogP contribution in [0.3, 0.4) is 0 Å². The van der Waals surface area contributed by atoms with Gasteiger partial charge in [0.25, 0.3) is 0 Å². The smallest absolute Gasteiger partial charge is 0.232 e. The summed E-state index contributed by atoms with van der Waals surface area (Å²) in [4.78, 5) is 14.6. The first-order valence-corrected chi connectivity index (χ1v) is 7.25. The number of carbonyl (C=O) groups excluding carboxylic acids is 1. The van der Waals surface area contributed by atoms with Crippen LogP contribution in [0.2, 0.25) is 0 Å². The van der Waals surface area contributed by atoms with Crippen molar-refractivity contribution < 1.29 is 9.53 Å². The van der Waals surface area contributed by atoms with Crippen molar-refractivity contribution in [3.05, 3.63) is 23.3 Å². The lowest BCUT2D eigenvalue weighted by Crippen LogP contribution is -2.46. The highest BCUT2D eigenvalue weighted by Gasteiger charge is 2.37. The number of fused-ring (bicyclic) bond motifs is 1. The van der Waals surface area contributed by atoms with Crippen molar-refractivity contribution in [2.24, 2.45) is 5.41 Å². The maximum absolute atomic E-state index is 12.7. The van der Waals surface area contributed by atoms with Crippen molar-refractivity contribution in [3.8, 4) is 5.75 Å². The Morgan fingerprint density at radius 3 is 2.65 bits per heavy atom. The summed E-state index contributed by atoms with van der Waals surface area (Å²) < 4.78 is 5.52. The molecule has 1 aromatic carbocycles. The van der Waals surface area contributed by atoms with Crippen molar-refractivity contribution in [2.75, 3.05) is 18.6 Å². The summed E-state index contributed by atoms with van der Waals surface area (Å²) >= 11 is 0. The van der Waals surface area contributed by atoms with E-state index in [0.717, 1.165) is 43.9 Å². The number of hydrogen-bond acceptors (Lipinski definition) is 3. The predicted molar refractivity (Wildman–Crippen MR) is 78.9 cm³/mol. The maximum Gasteiger partial charge on any atom is 0.232 e. The number of nitrogens with zero attached hydrogens (tertiary/aromatic N) is 1. The fraction of sp³-hybridized carbons (Fsp3) is 0.562. The van der Waals surface area contributed by atoms with Crippen LogP contribution in [-0.4, -0.2) is 19.6 Å². The Hall–Kier alpha value is -1.55. The van der Waals surface area contributed by atoms with E-state index in [-0.39, 0.29) is 11.3 Å². The van der Waals surface area contributed by atoms with E-state index in [1.54, 1.807) is 7.11 Å². The van der Waals surface area contributed by atoms with Gasteiger partial charge in [-0.15, -0.1) is 0 Å². The Bertz CT molecular complexity index is 552. The van der Waals surface area contributed by atoms with Crippen LogP contribution in [-0.2, 0) is 17.9 Å². The molecule has 0 radical (unpaired) electrons. The molecular weight excluding hydrogens is 252 g/mol.